The van der Waals surface area contributed by atoms with Crippen LogP contribution in [0.5, 0.6) is 0 Å². The molecule has 0 aliphatic heterocycles. The highest BCUT2D eigenvalue weighted by molar-refractivity contribution is 9.10. The van der Waals surface area contributed by atoms with Crippen LogP contribution in [0.1, 0.15) is 5.69 Å². The molecule has 2 heterocycles. The fraction of sp³-hybridized carbons (Fsp3) is 0.0714. The number of benzene rings is 1. The molecule has 0 radical (unpaired) electrons. The number of rotatable bonds is 1. The fourth-order valence-electron chi connectivity index (χ4n) is 1.99. The van der Waals surface area contributed by atoms with Crippen molar-refractivity contribution in [2.75, 3.05) is 0 Å². The normalized spacial score (nSPS) is 10.9. The van der Waals surface area contributed by atoms with Gasteiger partial charge in [-0.15, -0.1) is 0 Å². The van der Waals surface area contributed by atoms with Crippen molar-refractivity contribution in [2.24, 2.45) is 0 Å². The molecule has 0 fully saturated rings. The SMILES string of the molecule is Cc1c(Br)ccc2c(-c3ccccc3)ncn12. The summed E-state index contributed by atoms with van der Waals surface area (Å²) in [6.45, 7) is 2.08. The van der Waals surface area contributed by atoms with Gasteiger partial charge in [0.05, 0.1) is 11.2 Å². The Morgan fingerprint density at radius 3 is 2.59 bits per heavy atom. The smallest absolute Gasteiger partial charge is 0.100 e. The monoisotopic (exact) mass is 286 g/mol. The quantitative estimate of drug-likeness (QED) is 0.659. The molecular weight excluding hydrogens is 276 g/mol. The van der Waals surface area contributed by atoms with Crippen LogP contribution in [0.3, 0.4) is 0 Å². The van der Waals surface area contributed by atoms with Crippen molar-refractivity contribution in [3.05, 3.63) is 59.0 Å². The average molecular weight is 287 g/mol. The molecule has 17 heavy (non-hydrogen) atoms. The van der Waals surface area contributed by atoms with Gasteiger partial charge in [-0.05, 0) is 35.0 Å². The van der Waals surface area contributed by atoms with Gasteiger partial charge >= 0.3 is 0 Å². The number of nitrogens with zero attached hydrogens (tertiary/aromatic N) is 2. The fourth-order valence-corrected chi connectivity index (χ4v) is 2.31. The zero-order valence-electron chi connectivity index (χ0n) is 9.39. The van der Waals surface area contributed by atoms with Crippen LogP contribution in [-0.4, -0.2) is 9.38 Å². The molecule has 0 bridgehead atoms. The second-order valence-electron chi connectivity index (χ2n) is 3.98. The summed E-state index contributed by atoms with van der Waals surface area (Å²) in [6, 6.07) is 14.4. The zero-order valence-corrected chi connectivity index (χ0v) is 11.0. The predicted octanol–water partition coefficient (Wildman–Crippen LogP) is 4.07. The number of hydrogen-bond acceptors (Lipinski definition) is 1. The molecule has 0 aliphatic carbocycles. The van der Waals surface area contributed by atoms with Crippen molar-refractivity contribution >= 4 is 21.4 Å². The molecule has 0 N–H and O–H groups in total. The van der Waals surface area contributed by atoms with Crippen LogP contribution in [0.2, 0.25) is 0 Å². The summed E-state index contributed by atoms with van der Waals surface area (Å²) in [7, 11) is 0. The first kappa shape index (κ1) is 10.5. The lowest BCUT2D eigenvalue weighted by molar-refractivity contribution is 1.06. The molecule has 2 nitrogen and oxygen atoms in total. The Bertz CT molecular complexity index is 671. The minimum Gasteiger partial charge on any atom is -0.302 e. The molecular formula is C14H11BrN2. The van der Waals surface area contributed by atoms with Crippen molar-refractivity contribution < 1.29 is 0 Å². The third kappa shape index (κ3) is 1.67. The number of fused-ring (bicyclic) bond motifs is 1. The van der Waals surface area contributed by atoms with Crippen molar-refractivity contribution in [3.63, 3.8) is 0 Å². The van der Waals surface area contributed by atoms with E-state index in [2.05, 4.69) is 56.5 Å². The Labute approximate surface area is 108 Å². The van der Waals surface area contributed by atoms with Crippen molar-refractivity contribution in [1.82, 2.24) is 9.38 Å². The van der Waals surface area contributed by atoms with Crippen LogP contribution >= 0.6 is 15.9 Å². The number of aromatic nitrogens is 2. The van der Waals surface area contributed by atoms with Crippen LogP contribution in [0.4, 0.5) is 0 Å². The van der Waals surface area contributed by atoms with E-state index in [0.29, 0.717) is 0 Å². The van der Waals surface area contributed by atoms with Crippen molar-refractivity contribution in [3.8, 4) is 11.3 Å². The summed E-state index contributed by atoms with van der Waals surface area (Å²) in [5, 5.41) is 0. The van der Waals surface area contributed by atoms with Gasteiger partial charge in [-0.2, -0.15) is 0 Å². The van der Waals surface area contributed by atoms with Gasteiger partial charge in [0.25, 0.3) is 0 Å². The average Bonchev–Trinajstić information content (AvgIpc) is 2.79. The number of hydrogen-bond donors (Lipinski definition) is 0. The highest BCUT2D eigenvalue weighted by Gasteiger charge is 2.08. The third-order valence-corrected chi connectivity index (χ3v) is 3.78. The van der Waals surface area contributed by atoms with Crippen LogP contribution in [0.25, 0.3) is 16.8 Å². The van der Waals surface area contributed by atoms with Crippen LogP contribution < -0.4 is 0 Å². The van der Waals surface area contributed by atoms with Gasteiger partial charge in [-0.25, -0.2) is 4.98 Å². The van der Waals surface area contributed by atoms with E-state index in [1.807, 2.05) is 24.5 Å². The highest BCUT2D eigenvalue weighted by Crippen LogP contribution is 2.26. The summed E-state index contributed by atoms with van der Waals surface area (Å²) in [5.74, 6) is 0. The topological polar surface area (TPSA) is 17.3 Å². The van der Waals surface area contributed by atoms with Crippen molar-refractivity contribution in [2.45, 2.75) is 6.92 Å². The third-order valence-electron chi connectivity index (χ3n) is 2.95. The first-order valence-corrected chi connectivity index (χ1v) is 6.24. The summed E-state index contributed by atoms with van der Waals surface area (Å²) < 4.78 is 3.20. The first-order chi connectivity index (χ1) is 8.27. The summed E-state index contributed by atoms with van der Waals surface area (Å²) in [5.41, 5.74) is 4.48. The summed E-state index contributed by atoms with van der Waals surface area (Å²) >= 11 is 3.53. The molecule has 0 saturated heterocycles. The lowest BCUT2D eigenvalue weighted by Gasteiger charge is -2.03. The highest BCUT2D eigenvalue weighted by atomic mass is 79.9. The van der Waals surface area contributed by atoms with Gasteiger partial charge < -0.3 is 4.40 Å². The molecule has 2 aromatic heterocycles. The van der Waals surface area contributed by atoms with Gasteiger partial charge in [-0.3, -0.25) is 0 Å². The maximum atomic E-state index is 4.51. The Morgan fingerprint density at radius 1 is 1.06 bits per heavy atom. The molecule has 3 aromatic rings. The van der Waals surface area contributed by atoms with E-state index in [9.17, 15) is 0 Å². The van der Waals surface area contributed by atoms with Gasteiger partial charge in [0, 0.05) is 15.7 Å². The predicted molar refractivity (Wildman–Crippen MR) is 73.1 cm³/mol. The summed E-state index contributed by atoms with van der Waals surface area (Å²) in [6.07, 6.45) is 1.87. The van der Waals surface area contributed by atoms with Gasteiger partial charge in [-0.1, -0.05) is 30.3 Å². The van der Waals surface area contributed by atoms with E-state index in [1.165, 1.54) is 0 Å². The van der Waals surface area contributed by atoms with E-state index in [0.717, 1.165) is 26.9 Å². The first-order valence-electron chi connectivity index (χ1n) is 5.45. The molecule has 0 saturated carbocycles. The van der Waals surface area contributed by atoms with Crippen LogP contribution in [-0.2, 0) is 0 Å². The molecule has 3 heteroatoms. The molecule has 3 rings (SSSR count). The molecule has 0 unspecified atom stereocenters. The Hall–Kier alpha value is -1.61. The van der Waals surface area contributed by atoms with E-state index < -0.39 is 0 Å². The Morgan fingerprint density at radius 2 is 1.82 bits per heavy atom. The largest absolute Gasteiger partial charge is 0.302 e. The molecule has 0 aliphatic rings. The van der Waals surface area contributed by atoms with Crippen LogP contribution in [0, 0.1) is 6.92 Å². The molecule has 1 aromatic carbocycles. The second kappa shape index (κ2) is 4.00. The maximum Gasteiger partial charge on any atom is 0.100 e. The molecule has 0 spiro atoms. The minimum atomic E-state index is 1.03. The van der Waals surface area contributed by atoms with Gasteiger partial charge in [0.2, 0.25) is 0 Å². The van der Waals surface area contributed by atoms with Gasteiger partial charge in [0.15, 0.2) is 0 Å². The second-order valence-corrected chi connectivity index (χ2v) is 4.84. The molecule has 0 amide bonds. The van der Waals surface area contributed by atoms with Crippen molar-refractivity contribution in [1.29, 1.82) is 0 Å². The van der Waals surface area contributed by atoms with E-state index in [1.54, 1.807) is 0 Å². The number of aryl methyl sites for hydroxylation is 1. The van der Waals surface area contributed by atoms with Crippen LogP contribution in [0.15, 0.2) is 53.3 Å². The van der Waals surface area contributed by atoms with Gasteiger partial charge in [0.1, 0.15) is 6.33 Å². The standard InChI is InChI=1S/C14H11BrN2/c1-10-12(15)7-8-13-14(16-9-17(10)13)11-5-3-2-4-6-11/h2-9H,1H3. The molecule has 84 valence electrons. The lowest BCUT2D eigenvalue weighted by Crippen LogP contribution is -1.90. The Kier molecular flexibility index (Phi) is 2.48. The maximum absolute atomic E-state index is 4.51. The number of imidazole rings is 1. The van der Waals surface area contributed by atoms with E-state index in [-0.39, 0.29) is 0 Å². The zero-order chi connectivity index (χ0) is 11.8. The summed E-state index contributed by atoms with van der Waals surface area (Å²) in [4.78, 5) is 4.51. The number of halogens is 1. The Balaban J connectivity index is 2.30. The lowest BCUT2D eigenvalue weighted by atomic mass is 10.1. The molecule has 0 atom stereocenters. The van der Waals surface area contributed by atoms with E-state index in [4.69, 9.17) is 0 Å². The minimum absolute atomic E-state index is 1.03. The number of pyridine rings is 1. The van der Waals surface area contributed by atoms with E-state index >= 15 is 0 Å².